The topological polar surface area (TPSA) is 78.5 Å². The lowest BCUT2D eigenvalue weighted by Crippen LogP contribution is -2.28. The number of ether oxygens (including phenoxy) is 1. The number of nitrogens with zero attached hydrogens (tertiary/aromatic N) is 2. The zero-order valence-electron chi connectivity index (χ0n) is 14.4. The van der Waals surface area contributed by atoms with Gasteiger partial charge in [0.15, 0.2) is 0 Å². The predicted octanol–water partition coefficient (Wildman–Crippen LogP) is 2.47. The highest BCUT2D eigenvalue weighted by Gasteiger charge is 2.16. The SMILES string of the molecule is COc1ccccc1-c1csc2nc(CN(C)CC(C)O)[nH]c(=O)c12. The molecule has 0 fully saturated rings. The van der Waals surface area contributed by atoms with Crippen LogP contribution < -0.4 is 10.3 Å². The van der Waals surface area contributed by atoms with Gasteiger partial charge in [-0.25, -0.2) is 4.98 Å². The van der Waals surface area contributed by atoms with Gasteiger partial charge in [-0.1, -0.05) is 18.2 Å². The number of fused-ring (bicyclic) bond motifs is 1. The molecule has 0 saturated heterocycles. The third-order valence-electron chi connectivity index (χ3n) is 3.89. The fraction of sp³-hybridized carbons (Fsp3) is 0.333. The van der Waals surface area contributed by atoms with Crippen molar-refractivity contribution in [3.8, 4) is 16.9 Å². The monoisotopic (exact) mass is 359 g/mol. The number of rotatable bonds is 6. The van der Waals surface area contributed by atoms with Crippen LogP contribution in [0, 0.1) is 0 Å². The molecule has 0 aliphatic rings. The van der Waals surface area contributed by atoms with Crippen LogP contribution in [-0.2, 0) is 6.54 Å². The average Bonchev–Trinajstić information content (AvgIpc) is 2.98. The van der Waals surface area contributed by atoms with Gasteiger partial charge in [0.1, 0.15) is 16.4 Å². The van der Waals surface area contributed by atoms with Gasteiger partial charge in [-0.15, -0.1) is 11.3 Å². The molecule has 0 aliphatic carbocycles. The number of aromatic nitrogens is 2. The smallest absolute Gasteiger partial charge is 0.260 e. The molecule has 0 saturated carbocycles. The van der Waals surface area contributed by atoms with Gasteiger partial charge in [0, 0.05) is 23.1 Å². The number of H-pyrrole nitrogens is 1. The van der Waals surface area contributed by atoms with E-state index < -0.39 is 6.10 Å². The zero-order chi connectivity index (χ0) is 18.0. The number of aliphatic hydroxyl groups is 1. The molecule has 2 aromatic heterocycles. The van der Waals surface area contributed by atoms with E-state index in [1.807, 2.05) is 41.6 Å². The number of hydrogen-bond acceptors (Lipinski definition) is 6. The molecular formula is C18H21N3O3S. The first kappa shape index (κ1) is 17.6. The number of aromatic amines is 1. The summed E-state index contributed by atoms with van der Waals surface area (Å²) in [6.45, 7) is 2.71. The van der Waals surface area contributed by atoms with Crippen molar-refractivity contribution in [3.63, 3.8) is 0 Å². The zero-order valence-corrected chi connectivity index (χ0v) is 15.3. The minimum absolute atomic E-state index is 0.160. The van der Waals surface area contributed by atoms with E-state index in [9.17, 15) is 9.90 Å². The first-order valence-electron chi connectivity index (χ1n) is 8.00. The van der Waals surface area contributed by atoms with Crippen molar-refractivity contribution in [2.24, 2.45) is 0 Å². The summed E-state index contributed by atoms with van der Waals surface area (Å²) in [5.41, 5.74) is 1.55. The maximum Gasteiger partial charge on any atom is 0.260 e. The molecule has 3 aromatic rings. The van der Waals surface area contributed by atoms with Crippen LogP contribution in [0.4, 0.5) is 0 Å². The lowest BCUT2D eigenvalue weighted by Gasteiger charge is -2.17. The highest BCUT2D eigenvalue weighted by Crippen LogP contribution is 2.36. The van der Waals surface area contributed by atoms with Gasteiger partial charge in [-0.3, -0.25) is 9.69 Å². The molecule has 2 heterocycles. The third kappa shape index (κ3) is 3.73. The van der Waals surface area contributed by atoms with E-state index in [0.29, 0.717) is 29.1 Å². The Hall–Kier alpha value is -2.22. The number of likely N-dealkylation sites (N-methyl/N-ethyl adjacent to an activating group) is 1. The second kappa shape index (κ2) is 7.35. The van der Waals surface area contributed by atoms with Crippen molar-refractivity contribution in [1.29, 1.82) is 0 Å². The van der Waals surface area contributed by atoms with Crippen molar-refractivity contribution in [2.45, 2.75) is 19.6 Å². The van der Waals surface area contributed by atoms with E-state index >= 15 is 0 Å². The summed E-state index contributed by atoms with van der Waals surface area (Å²) in [5, 5.41) is 12.0. The molecule has 0 amide bonds. The van der Waals surface area contributed by atoms with Crippen molar-refractivity contribution in [2.75, 3.05) is 20.7 Å². The van der Waals surface area contributed by atoms with E-state index in [-0.39, 0.29) is 5.56 Å². The fourth-order valence-corrected chi connectivity index (χ4v) is 3.86. The number of hydrogen-bond donors (Lipinski definition) is 2. The molecule has 0 radical (unpaired) electrons. The van der Waals surface area contributed by atoms with Crippen LogP contribution in [0.2, 0.25) is 0 Å². The Morgan fingerprint density at radius 3 is 2.84 bits per heavy atom. The molecule has 6 nitrogen and oxygen atoms in total. The Morgan fingerprint density at radius 1 is 1.36 bits per heavy atom. The average molecular weight is 359 g/mol. The van der Waals surface area contributed by atoms with Gasteiger partial charge in [0.25, 0.3) is 5.56 Å². The Balaban J connectivity index is 2.01. The molecule has 3 rings (SSSR count). The van der Waals surface area contributed by atoms with E-state index in [2.05, 4.69) is 9.97 Å². The van der Waals surface area contributed by atoms with E-state index in [1.54, 1.807) is 14.0 Å². The highest BCUT2D eigenvalue weighted by molar-refractivity contribution is 7.17. The van der Waals surface area contributed by atoms with Crippen LogP contribution in [0.3, 0.4) is 0 Å². The van der Waals surface area contributed by atoms with Crippen molar-refractivity contribution >= 4 is 21.6 Å². The number of thiophene rings is 1. The Morgan fingerprint density at radius 2 is 2.12 bits per heavy atom. The first-order chi connectivity index (χ1) is 12.0. The van der Waals surface area contributed by atoms with Crippen LogP contribution in [0.1, 0.15) is 12.7 Å². The van der Waals surface area contributed by atoms with Gasteiger partial charge in [0.05, 0.1) is 25.1 Å². The highest BCUT2D eigenvalue weighted by atomic mass is 32.1. The number of benzene rings is 1. The summed E-state index contributed by atoms with van der Waals surface area (Å²) in [7, 11) is 3.50. The molecule has 2 N–H and O–H groups in total. The van der Waals surface area contributed by atoms with E-state index in [4.69, 9.17) is 4.74 Å². The number of nitrogens with one attached hydrogen (secondary N) is 1. The lowest BCUT2D eigenvalue weighted by atomic mass is 10.1. The first-order valence-corrected chi connectivity index (χ1v) is 8.88. The summed E-state index contributed by atoms with van der Waals surface area (Å²) >= 11 is 1.44. The van der Waals surface area contributed by atoms with Crippen molar-refractivity contribution in [1.82, 2.24) is 14.9 Å². The van der Waals surface area contributed by atoms with Gasteiger partial charge in [-0.05, 0) is 20.0 Å². The summed E-state index contributed by atoms with van der Waals surface area (Å²) in [4.78, 5) is 22.7. The molecule has 0 spiro atoms. The molecule has 1 aromatic carbocycles. The van der Waals surface area contributed by atoms with Crippen molar-refractivity contribution in [3.05, 3.63) is 45.8 Å². The minimum atomic E-state index is -0.431. The Labute approximate surface area is 149 Å². The molecule has 0 aliphatic heterocycles. The largest absolute Gasteiger partial charge is 0.496 e. The lowest BCUT2D eigenvalue weighted by molar-refractivity contribution is 0.137. The maximum atomic E-state index is 12.7. The van der Waals surface area contributed by atoms with Crippen LogP contribution in [0.25, 0.3) is 21.3 Å². The molecule has 7 heteroatoms. The van der Waals surface area contributed by atoms with Crippen molar-refractivity contribution < 1.29 is 9.84 Å². The second-order valence-corrected chi connectivity index (χ2v) is 6.95. The molecule has 132 valence electrons. The number of methoxy groups -OCH3 is 1. The Kier molecular flexibility index (Phi) is 5.17. The Bertz CT molecular complexity index is 933. The summed E-state index contributed by atoms with van der Waals surface area (Å²) < 4.78 is 5.41. The molecule has 25 heavy (non-hydrogen) atoms. The van der Waals surface area contributed by atoms with Gasteiger partial charge in [-0.2, -0.15) is 0 Å². The second-order valence-electron chi connectivity index (χ2n) is 6.09. The molecular weight excluding hydrogens is 338 g/mol. The van der Waals surface area contributed by atoms with Crippen LogP contribution in [0.15, 0.2) is 34.4 Å². The van der Waals surface area contributed by atoms with E-state index in [1.165, 1.54) is 11.3 Å². The van der Waals surface area contributed by atoms with Gasteiger partial charge in [0.2, 0.25) is 0 Å². The quantitative estimate of drug-likeness (QED) is 0.707. The van der Waals surface area contributed by atoms with Crippen LogP contribution >= 0.6 is 11.3 Å². The van der Waals surface area contributed by atoms with Crippen LogP contribution in [0.5, 0.6) is 5.75 Å². The normalized spacial score (nSPS) is 12.7. The minimum Gasteiger partial charge on any atom is -0.496 e. The summed E-state index contributed by atoms with van der Waals surface area (Å²) in [6, 6.07) is 7.63. The summed E-state index contributed by atoms with van der Waals surface area (Å²) in [6.07, 6.45) is -0.431. The third-order valence-corrected chi connectivity index (χ3v) is 4.76. The molecule has 0 bridgehead atoms. The molecule has 1 atom stereocenters. The molecule has 1 unspecified atom stereocenters. The number of aliphatic hydroxyl groups excluding tert-OH is 1. The van der Waals surface area contributed by atoms with Gasteiger partial charge >= 0.3 is 0 Å². The number of para-hydroxylation sites is 1. The standard InChI is InChI=1S/C18H21N3O3S/c1-11(22)8-21(2)9-15-19-17(23)16-13(10-25-18(16)20-15)12-6-4-5-7-14(12)24-3/h4-7,10-11,22H,8-9H2,1-3H3,(H,19,20,23). The predicted molar refractivity (Wildman–Crippen MR) is 100 cm³/mol. The fourth-order valence-electron chi connectivity index (χ4n) is 2.91. The van der Waals surface area contributed by atoms with Crippen LogP contribution in [-0.4, -0.2) is 46.8 Å². The van der Waals surface area contributed by atoms with E-state index in [0.717, 1.165) is 16.9 Å². The maximum absolute atomic E-state index is 12.7. The van der Waals surface area contributed by atoms with Gasteiger partial charge < -0.3 is 14.8 Å². The summed E-state index contributed by atoms with van der Waals surface area (Å²) in [5.74, 6) is 1.32.